The summed E-state index contributed by atoms with van der Waals surface area (Å²) in [6.07, 6.45) is 15.3. The van der Waals surface area contributed by atoms with Crippen molar-refractivity contribution in [1.82, 2.24) is 10.7 Å². The van der Waals surface area contributed by atoms with Crippen LogP contribution < -0.4 is 25.0 Å². The Morgan fingerprint density at radius 2 is 1.43 bits per heavy atom. The molecule has 0 aromatic heterocycles. The highest BCUT2D eigenvalue weighted by Crippen LogP contribution is 2.28. The lowest BCUT2D eigenvalue weighted by molar-refractivity contribution is -0.126. The topological polar surface area (TPSA) is 115 Å². The van der Waals surface area contributed by atoms with Crippen molar-refractivity contribution in [2.45, 2.75) is 90.9 Å². The van der Waals surface area contributed by atoms with Crippen molar-refractivity contribution in [1.29, 1.82) is 0 Å². The van der Waals surface area contributed by atoms with Gasteiger partial charge in [-0.15, -0.1) is 0 Å². The molecule has 230 valence electrons. The Kier molecular flexibility index (Phi) is 17.1. The fourth-order valence-electron chi connectivity index (χ4n) is 4.30. The van der Waals surface area contributed by atoms with E-state index in [1.165, 1.54) is 64.7 Å². The Bertz CT molecular complexity index is 1120. The normalized spacial score (nSPS) is 10.8. The number of carbonyl (C=O) groups excluding carboxylic acids is 3. The van der Waals surface area contributed by atoms with Crippen LogP contribution in [0.3, 0.4) is 0 Å². The highest BCUT2D eigenvalue weighted by molar-refractivity contribution is 5.92. The number of hydrogen-bond acceptors (Lipinski definition) is 7. The lowest BCUT2D eigenvalue weighted by Gasteiger charge is -2.10. The Hall–Kier alpha value is -3.88. The second-order valence-corrected chi connectivity index (χ2v) is 10.1. The van der Waals surface area contributed by atoms with Crippen LogP contribution in [-0.2, 0) is 9.59 Å². The summed E-state index contributed by atoms with van der Waals surface area (Å²) in [6.45, 7) is 4.52. The average Bonchev–Trinajstić information content (AvgIpc) is 3.00. The van der Waals surface area contributed by atoms with Crippen molar-refractivity contribution in [2.75, 3.05) is 20.3 Å². The first-order valence-electron chi connectivity index (χ1n) is 15.2. The van der Waals surface area contributed by atoms with Gasteiger partial charge in [-0.2, -0.15) is 5.10 Å². The zero-order valence-electron chi connectivity index (χ0n) is 25.4. The van der Waals surface area contributed by atoms with Crippen LogP contribution in [0.1, 0.15) is 107 Å². The van der Waals surface area contributed by atoms with Gasteiger partial charge < -0.3 is 19.5 Å². The van der Waals surface area contributed by atoms with E-state index >= 15 is 0 Å². The second-order valence-electron chi connectivity index (χ2n) is 10.1. The molecule has 2 rings (SSSR count). The molecular weight excluding hydrogens is 534 g/mol. The molecule has 2 aromatic rings. The second kappa shape index (κ2) is 20.9. The van der Waals surface area contributed by atoms with Crippen molar-refractivity contribution in [3.63, 3.8) is 0 Å². The van der Waals surface area contributed by atoms with Gasteiger partial charge in [-0.3, -0.25) is 9.59 Å². The van der Waals surface area contributed by atoms with Gasteiger partial charge in [0.2, 0.25) is 5.91 Å². The third kappa shape index (κ3) is 14.1. The van der Waals surface area contributed by atoms with E-state index in [0.717, 1.165) is 19.3 Å². The maximum Gasteiger partial charge on any atom is 0.343 e. The zero-order chi connectivity index (χ0) is 30.4. The van der Waals surface area contributed by atoms with E-state index in [-0.39, 0.29) is 18.2 Å². The lowest BCUT2D eigenvalue weighted by atomic mass is 10.1. The Labute approximate surface area is 250 Å². The molecule has 0 radical (unpaired) electrons. The number of carbonyl (C=O) groups is 3. The number of nitrogens with one attached hydrogen (secondary N) is 2. The molecule has 0 aliphatic rings. The largest absolute Gasteiger partial charge is 0.494 e. The van der Waals surface area contributed by atoms with Crippen LogP contribution in [0.4, 0.5) is 0 Å². The van der Waals surface area contributed by atoms with Crippen LogP contribution in [0, 0.1) is 0 Å². The van der Waals surface area contributed by atoms with E-state index in [4.69, 9.17) is 14.2 Å². The van der Waals surface area contributed by atoms with Crippen molar-refractivity contribution >= 4 is 24.0 Å². The third-order valence-electron chi connectivity index (χ3n) is 6.65. The molecule has 0 fully saturated rings. The lowest BCUT2D eigenvalue weighted by Crippen LogP contribution is -2.34. The SMILES string of the molecule is CCCCCCCCCCCCCC(=O)NCC(=O)N/N=C\c1ccc(OC(=O)c2ccc(OCC)cc2)c(OC)c1. The molecule has 9 heteroatoms. The first kappa shape index (κ1) is 34.3. The standard InChI is InChI=1S/C33H47N3O6/c1-4-6-7-8-9-10-11-12-13-14-15-16-31(37)34-25-32(38)36-35-24-26-17-22-29(30(23-26)40-3)42-33(39)27-18-20-28(21-19-27)41-5-2/h17-24H,4-16,25H2,1-3H3,(H,34,37)(H,36,38)/b35-24-. The molecule has 2 aromatic carbocycles. The van der Waals surface area contributed by atoms with Crippen LogP contribution in [0.15, 0.2) is 47.6 Å². The fraction of sp³-hybridized carbons (Fsp3) is 0.515. The Morgan fingerprint density at radius 1 is 0.786 bits per heavy atom. The van der Waals surface area contributed by atoms with Crippen LogP contribution in [0.25, 0.3) is 0 Å². The van der Waals surface area contributed by atoms with Gasteiger partial charge in [0.05, 0.1) is 32.0 Å². The number of hydrazone groups is 1. The average molecular weight is 582 g/mol. The molecule has 0 unspecified atom stereocenters. The summed E-state index contributed by atoms with van der Waals surface area (Å²) in [5.74, 6) is 0.161. The molecule has 0 saturated carbocycles. The minimum atomic E-state index is -0.532. The molecule has 0 spiro atoms. The molecule has 0 bridgehead atoms. The van der Waals surface area contributed by atoms with Gasteiger partial charge in [-0.1, -0.05) is 71.1 Å². The molecule has 0 aliphatic heterocycles. The molecule has 0 atom stereocenters. The van der Waals surface area contributed by atoms with Gasteiger partial charge in [0.1, 0.15) is 5.75 Å². The first-order valence-corrected chi connectivity index (χ1v) is 15.2. The maximum absolute atomic E-state index is 12.5. The number of ether oxygens (including phenoxy) is 3. The summed E-state index contributed by atoms with van der Waals surface area (Å²) in [7, 11) is 1.46. The molecular formula is C33H47N3O6. The minimum absolute atomic E-state index is 0.134. The minimum Gasteiger partial charge on any atom is -0.494 e. The highest BCUT2D eigenvalue weighted by atomic mass is 16.6. The number of rotatable bonds is 21. The predicted molar refractivity (Wildman–Crippen MR) is 165 cm³/mol. The highest BCUT2D eigenvalue weighted by Gasteiger charge is 2.13. The van der Waals surface area contributed by atoms with E-state index in [0.29, 0.717) is 35.7 Å². The summed E-state index contributed by atoms with van der Waals surface area (Å²) in [5.41, 5.74) is 3.39. The number of amides is 2. The van der Waals surface area contributed by atoms with Gasteiger partial charge in [-0.05, 0) is 61.4 Å². The number of unbranched alkanes of at least 4 members (excludes halogenated alkanes) is 10. The van der Waals surface area contributed by atoms with Crippen LogP contribution in [0.5, 0.6) is 17.2 Å². The van der Waals surface area contributed by atoms with Crippen molar-refractivity contribution in [3.8, 4) is 17.2 Å². The molecule has 2 N–H and O–H groups in total. The quantitative estimate of drug-likeness (QED) is 0.0566. The number of methoxy groups -OCH3 is 1. The van der Waals surface area contributed by atoms with Crippen LogP contribution >= 0.6 is 0 Å². The van der Waals surface area contributed by atoms with Gasteiger partial charge in [0.25, 0.3) is 5.91 Å². The summed E-state index contributed by atoms with van der Waals surface area (Å²) in [6, 6.07) is 11.6. The van der Waals surface area contributed by atoms with Crippen LogP contribution in [0.2, 0.25) is 0 Å². The number of benzene rings is 2. The summed E-state index contributed by atoms with van der Waals surface area (Å²) < 4.78 is 16.2. The molecule has 42 heavy (non-hydrogen) atoms. The van der Waals surface area contributed by atoms with E-state index in [1.807, 2.05) is 6.92 Å². The maximum atomic E-state index is 12.5. The van der Waals surface area contributed by atoms with Gasteiger partial charge in [0, 0.05) is 6.42 Å². The van der Waals surface area contributed by atoms with E-state index < -0.39 is 11.9 Å². The summed E-state index contributed by atoms with van der Waals surface area (Å²) in [4.78, 5) is 36.6. The molecule has 0 saturated heterocycles. The van der Waals surface area contributed by atoms with E-state index in [9.17, 15) is 14.4 Å². The molecule has 0 heterocycles. The molecule has 0 aliphatic carbocycles. The smallest absolute Gasteiger partial charge is 0.343 e. The van der Waals surface area contributed by atoms with Crippen molar-refractivity contribution in [3.05, 3.63) is 53.6 Å². The third-order valence-corrected chi connectivity index (χ3v) is 6.65. The predicted octanol–water partition coefficient (Wildman–Crippen LogP) is 6.58. The molecule has 2 amide bonds. The monoisotopic (exact) mass is 581 g/mol. The number of esters is 1. The Morgan fingerprint density at radius 3 is 2.05 bits per heavy atom. The first-order chi connectivity index (χ1) is 20.5. The van der Waals surface area contributed by atoms with Gasteiger partial charge >= 0.3 is 5.97 Å². The van der Waals surface area contributed by atoms with Crippen molar-refractivity contribution in [2.24, 2.45) is 5.10 Å². The fourth-order valence-corrected chi connectivity index (χ4v) is 4.30. The molecule has 9 nitrogen and oxygen atoms in total. The van der Waals surface area contributed by atoms with Gasteiger partial charge in [-0.25, -0.2) is 10.2 Å². The Balaban J connectivity index is 1.65. The number of nitrogens with zero attached hydrogens (tertiary/aromatic N) is 1. The van der Waals surface area contributed by atoms with Gasteiger partial charge in [0.15, 0.2) is 11.5 Å². The summed E-state index contributed by atoms with van der Waals surface area (Å²) in [5, 5.41) is 6.57. The van der Waals surface area contributed by atoms with Crippen molar-refractivity contribution < 1.29 is 28.6 Å². The van der Waals surface area contributed by atoms with Crippen LogP contribution in [-0.4, -0.2) is 44.3 Å². The van der Waals surface area contributed by atoms with E-state index in [1.54, 1.807) is 42.5 Å². The van der Waals surface area contributed by atoms with E-state index in [2.05, 4.69) is 22.8 Å². The number of hydrogen-bond donors (Lipinski definition) is 2. The zero-order valence-corrected chi connectivity index (χ0v) is 25.4. The summed E-state index contributed by atoms with van der Waals surface area (Å²) >= 11 is 0.